The Balaban J connectivity index is 1.79. The van der Waals surface area contributed by atoms with Crippen molar-refractivity contribution in [3.8, 4) is 0 Å². The average Bonchev–Trinajstić information content (AvgIpc) is 2.47. The molecule has 2 aromatic rings. The molecule has 1 aromatic carbocycles. The van der Waals surface area contributed by atoms with Crippen LogP contribution in [0.15, 0.2) is 41.3 Å². The zero-order chi connectivity index (χ0) is 14.9. The third kappa shape index (κ3) is 3.12. The van der Waals surface area contributed by atoms with Crippen molar-refractivity contribution in [2.75, 3.05) is 11.1 Å². The normalized spacial score (nSPS) is 18.1. The van der Waals surface area contributed by atoms with Crippen LogP contribution in [0, 0.1) is 0 Å². The molecule has 3 rings (SSSR count). The summed E-state index contributed by atoms with van der Waals surface area (Å²) in [4.78, 5) is 1.20. The number of halogens is 3. The summed E-state index contributed by atoms with van der Waals surface area (Å²) in [5.74, 6) is 1.32. The minimum atomic E-state index is -4.46. The lowest BCUT2D eigenvalue weighted by atomic mass is 10.0. The van der Waals surface area contributed by atoms with Crippen LogP contribution in [0.5, 0.6) is 0 Å². The summed E-state index contributed by atoms with van der Waals surface area (Å²) in [6, 6.07) is 10.3. The maximum absolute atomic E-state index is 12.4. The number of alkyl halides is 3. The fourth-order valence-corrected chi connectivity index (χ4v) is 3.36. The first kappa shape index (κ1) is 14.2. The molecular formula is C14H12F3N3S. The molecule has 3 nitrogen and oxygen atoms in total. The Labute approximate surface area is 124 Å². The zero-order valence-corrected chi connectivity index (χ0v) is 11.7. The van der Waals surface area contributed by atoms with E-state index in [9.17, 15) is 13.2 Å². The van der Waals surface area contributed by atoms with Crippen molar-refractivity contribution >= 4 is 17.6 Å². The summed E-state index contributed by atoms with van der Waals surface area (Å²) < 4.78 is 37.3. The van der Waals surface area contributed by atoms with Gasteiger partial charge in [-0.3, -0.25) is 0 Å². The Hall–Kier alpha value is -1.76. The number of aromatic nitrogens is 2. The molecular weight excluding hydrogens is 299 g/mol. The van der Waals surface area contributed by atoms with Crippen molar-refractivity contribution in [1.82, 2.24) is 10.2 Å². The van der Waals surface area contributed by atoms with Gasteiger partial charge in [0.15, 0.2) is 5.69 Å². The third-order valence-electron chi connectivity index (χ3n) is 3.24. The summed E-state index contributed by atoms with van der Waals surface area (Å²) in [5.41, 5.74) is 0.170. The van der Waals surface area contributed by atoms with Crippen LogP contribution in [0.3, 0.4) is 0 Å². The van der Waals surface area contributed by atoms with Crippen molar-refractivity contribution in [1.29, 1.82) is 0 Å². The molecule has 21 heavy (non-hydrogen) atoms. The lowest BCUT2D eigenvalue weighted by molar-refractivity contribution is -0.141. The molecule has 110 valence electrons. The number of nitrogens with one attached hydrogen (secondary N) is 1. The highest BCUT2D eigenvalue weighted by molar-refractivity contribution is 7.99. The topological polar surface area (TPSA) is 37.8 Å². The van der Waals surface area contributed by atoms with Crippen molar-refractivity contribution < 1.29 is 13.2 Å². The molecule has 0 fully saturated rings. The maximum atomic E-state index is 12.4. The van der Waals surface area contributed by atoms with E-state index in [4.69, 9.17) is 0 Å². The number of fused-ring (bicyclic) bond motifs is 1. The Bertz CT molecular complexity index is 628. The van der Waals surface area contributed by atoms with Crippen LogP contribution in [0.2, 0.25) is 0 Å². The van der Waals surface area contributed by atoms with Crippen molar-refractivity contribution in [3.63, 3.8) is 0 Å². The molecule has 0 bridgehead atoms. The number of thioether (sulfide) groups is 1. The highest BCUT2D eigenvalue weighted by atomic mass is 32.2. The van der Waals surface area contributed by atoms with Crippen molar-refractivity contribution in [3.05, 3.63) is 47.7 Å². The van der Waals surface area contributed by atoms with Gasteiger partial charge in [-0.05, 0) is 30.2 Å². The molecule has 1 atom stereocenters. The van der Waals surface area contributed by atoms with E-state index in [2.05, 4.69) is 15.5 Å². The predicted octanol–water partition coefficient (Wildman–Crippen LogP) is 4.14. The van der Waals surface area contributed by atoms with Gasteiger partial charge in [0.25, 0.3) is 0 Å². The molecule has 0 saturated carbocycles. The molecule has 0 radical (unpaired) electrons. The summed E-state index contributed by atoms with van der Waals surface area (Å²) in [7, 11) is 0. The molecule has 7 heteroatoms. The number of nitrogens with zero attached hydrogens (tertiary/aromatic N) is 2. The van der Waals surface area contributed by atoms with Crippen LogP contribution in [0.25, 0.3) is 0 Å². The molecule has 1 N–H and O–H groups in total. The molecule has 0 saturated heterocycles. The van der Waals surface area contributed by atoms with Gasteiger partial charge in [0.1, 0.15) is 5.82 Å². The monoisotopic (exact) mass is 311 g/mol. The molecule has 0 amide bonds. The van der Waals surface area contributed by atoms with Gasteiger partial charge >= 0.3 is 6.18 Å². The second-order valence-corrected chi connectivity index (χ2v) is 5.81. The number of benzene rings is 1. The average molecular weight is 311 g/mol. The van der Waals surface area contributed by atoms with Gasteiger partial charge in [0.05, 0.1) is 6.04 Å². The number of rotatable bonds is 2. The number of hydrogen-bond donors (Lipinski definition) is 1. The Morgan fingerprint density at radius 2 is 1.90 bits per heavy atom. The van der Waals surface area contributed by atoms with E-state index in [1.54, 1.807) is 11.8 Å². The highest BCUT2D eigenvalue weighted by Crippen LogP contribution is 2.37. The summed E-state index contributed by atoms with van der Waals surface area (Å²) in [6.45, 7) is 0. The largest absolute Gasteiger partial charge is 0.435 e. The van der Waals surface area contributed by atoms with Gasteiger partial charge in [0.2, 0.25) is 0 Å². The van der Waals surface area contributed by atoms with E-state index in [1.165, 1.54) is 11.0 Å². The second-order valence-electron chi connectivity index (χ2n) is 4.67. The van der Waals surface area contributed by atoms with Crippen LogP contribution in [-0.2, 0) is 6.18 Å². The van der Waals surface area contributed by atoms with Gasteiger partial charge in [0, 0.05) is 10.6 Å². The summed E-state index contributed by atoms with van der Waals surface area (Å²) >= 11 is 1.78. The van der Waals surface area contributed by atoms with Crippen LogP contribution in [0.4, 0.5) is 19.0 Å². The van der Waals surface area contributed by atoms with E-state index in [0.29, 0.717) is 5.82 Å². The Morgan fingerprint density at radius 1 is 1.10 bits per heavy atom. The van der Waals surface area contributed by atoms with Crippen molar-refractivity contribution in [2.45, 2.75) is 23.5 Å². The van der Waals surface area contributed by atoms with Gasteiger partial charge in [-0.25, -0.2) is 0 Å². The minimum absolute atomic E-state index is 0.0495. The zero-order valence-electron chi connectivity index (χ0n) is 10.9. The molecule has 1 aliphatic rings. The number of anilines is 1. The molecule has 1 aromatic heterocycles. The molecule has 2 heterocycles. The lowest BCUT2D eigenvalue weighted by Crippen LogP contribution is -2.17. The van der Waals surface area contributed by atoms with E-state index >= 15 is 0 Å². The first-order chi connectivity index (χ1) is 10.0. The molecule has 0 spiro atoms. The van der Waals surface area contributed by atoms with E-state index in [1.807, 2.05) is 24.3 Å². The van der Waals surface area contributed by atoms with Gasteiger partial charge < -0.3 is 5.32 Å². The quantitative estimate of drug-likeness (QED) is 0.904. The number of hydrogen-bond acceptors (Lipinski definition) is 4. The Morgan fingerprint density at radius 3 is 2.62 bits per heavy atom. The standard InChI is InChI=1S/C14H12F3N3S/c15-14(16,17)12-5-6-13(20-19-12)18-10-7-8-21-11-4-2-1-3-9(10)11/h1-6,10H,7-8H2,(H,18,20). The lowest BCUT2D eigenvalue weighted by Gasteiger charge is -2.26. The fourth-order valence-electron chi connectivity index (χ4n) is 2.23. The third-order valence-corrected chi connectivity index (χ3v) is 4.36. The first-order valence-corrected chi connectivity index (χ1v) is 7.42. The molecule has 0 aliphatic carbocycles. The summed E-state index contributed by atoms with van der Waals surface area (Å²) in [6.07, 6.45) is -3.57. The fraction of sp³-hybridized carbons (Fsp3) is 0.286. The van der Waals surface area contributed by atoms with Gasteiger partial charge in [-0.15, -0.1) is 22.0 Å². The van der Waals surface area contributed by atoms with Crippen molar-refractivity contribution in [2.24, 2.45) is 0 Å². The van der Waals surface area contributed by atoms with Crippen LogP contribution < -0.4 is 5.32 Å². The van der Waals surface area contributed by atoms with E-state index in [0.717, 1.165) is 23.8 Å². The van der Waals surface area contributed by atoms with Crippen LogP contribution >= 0.6 is 11.8 Å². The highest BCUT2D eigenvalue weighted by Gasteiger charge is 2.33. The first-order valence-electron chi connectivity index (χ1n) is 6.43. The van der Waals surface area contributed by atoms with E-state index < -0.39 is 11.9 Å². The molecule has 1 unspecified atom stereocenters. The predicted molar refractivity (Wildman–Crippen MR) is 75.2 cm³/mol. The van der Waals surface area contributed by atoms with Gasteiger partial charge in [-0.2, -0.15) is 13.2 Å². The smallest absolute Gasteiger partial charge is 0.362 e. The maximum Gasteiger partial charge on any atom is 0.435 e. The second kappa shape index (κ2) is 5.55. The molecule has 1 aliphatic heterocycles. The summed E-state index contributed by atoms with van der Waals surface area (Å²) in [5, 5.41) is 10.0. The SMILES string of the molecule is FC(F)(F)c1ccc(NC2CCSc3ccccc32)nn1. The van der Waals surface area contributed by atoms with Crippen LogP contribution in [0.1, 0.15) is 23.7 Å². The minimum Gasteiger partial charge on any atom is -0.362 e. The van der Waals surface area contributed by atoms with Crippen LogP contribution in [-0.4, -0.2) is 16.0 Å². The Kier molecular flexibility index (Phi) is 3.75. The van der Waals surface area contributed by atoms with E-state index in [-0.39, 0.29) is 6.04 Å². The van der Waals surface area contributed by atoms with Gasteiger partial charge in [-0.1, -0.05) is 18.2 Å².